The molecule has 0 saturated heterocycles. The molecular formula is C18H23N. The highest BCUT2D eigenvalue weighted by Gasteiger charge is 2.10. The van der Waals surface area contributed by atoms with Gasteiger partial charge in [0, 0.05) is 0 Å². The van der Waals surface area contributed by atoms with Crippen molar-refractivity contribution < 1.29 is 0 Å². The highest BCUT2D eigenvalue weighted by Crippen LogP contribution is 2.23. The maximum atomic E-state index is 6.37. The molecule has 0 aromatic heterocycles. The van der Waals surface area contributed by atoms with Gasteiger partial charge in [0.25, 0.3) is 0 Å². The molecule has 0 heterocycles. The Labute approximate surface area is 116 Å². The molecule has 1 atom stereocenters. The zero-order valence-electron chi connectivity index (χ0n) is 12.1. The summed E-state index contributed by atoms with van der Waals surface area (Å²) in [5, 5.41) is 0. The van der Waals surface area contributed by atoms with E-state index in [-0.39, 0.29) is 6.04 Å². The van der Waals surface area contributed by atoms with E-state index in [0.717, 1.165) is 6.42 Å². The van der Waals surface area contributed by atoms with Gasteiger partial charge in [-0.05, 0) is 41.5 Å². The van der Waals surface area contributed by atoms with Gasteiger partial charge in [0.2, 0.25) is 0 Å². The third kappa shape index (κ3) is 3.45. The van der Waals surface area contributed by atoms with E-state index in [1.54, 1.807) is 0 Å². The fourth-order valence-corrected chi connectivity index (χ4v) is 2.45. The van der Waals surface area contributed by atoms with Crippen LogP contribution >= 0.6 is 0 Å². The molecule has 0 amide bonds. The molecule has 2 aromatic carbocycles. The molecule has 100 valence electrons. The smallest absolute Gasteiger partial charge is 0.0554 e. The van der Waals surface area contributed by atoms with Crippen LogP contribution in [-0.2, 0) is 6.42 Å². The number of rotatable bonds is 4. The van der Waals surface area contributed by atoms with E-state index in [0.29, 0.717) is 5.92 Å². The Hall–Kier alpha value is -1.60. The van der Waals surface area contributed by atoms with Crippen molar-refractivity contribution in [1.29, 1.82) is 0 Å². The van der Waals surface area contributed by atoms with Gasteiger partial charge < -0.3 is 5.73 Å². The summed E-state index contributed by atoms with van der Waals surface area (Å²) >= 11 is 0. The van der Waals surface area contributed by atoms with Crippen molar-refractivity contribution in [1.82, 2.24) is 0 Å². The maximum absolute atomic E-state index is 6.37. The molecule has 0 radical (unpaired) electrons. The molecule has 0 fully saturated rings. The van der Waals surface area contributed by atoms with Crippen LogP contribution in [0.3, 0.4) is 0 Å². The fourth-order valence-electron chi connectivity index (χ4n) is 2.45. The van der Waals surface area contributed by atoms with E-state index in [1.807, 2.05) is 0 Å². The van der Waals surface area contributed by atoms with Crippen LogP contribution in [0.15, 0.2) is 48.5 Å². The van der Waals surface area contributed by atoms with Crippen molar-refractivity contribution >= 4 is 0 Å². The summed E-state index contributed by atoms with van der Waals surface area (Å²) in [6, 6.07) is 17.0. The van der Waals surface area contributed by atoms with Gasteiger partial charge in [0.15, 0.2) is 0 Å². The van der Waals surface area contributed by atoms with Crippen molar-refractivity contribution in [2.24, 2.45) is 11.7 Å². The minimum absolute atomic E-state index is 0.0331. The molecule has 0 spiro atoms. The van der Waals surface area contributed by atoms with Crippen LogP contribution in [0.1, 0.15) is 42.1 Å². The summed E-state index contributed by atoms with van der Waals surface area (Å²) in [6.45, 7) is 6.60. The number of aryl methyl sites for hydroxylation is 1. The Morgan fingerprint density at radius 3 is 2.16 bits per heavy atom. The third-order valence-corrected chi connectivity index (χ3v) is 3.51. The summed E-state index contributed by atoms with van der Waals surface area (Å²) in [6.07, 6.45) is 1.12. The normalized spacial score (nSPS) is 12.7. The standard InChI is InChI=1S/C18H23N/c1-13(2)12-15-8-10-16(11-9-15)18(19)17-7-5-4-6-14(17)3/h4-11,13,18H,12,19H2,1-3H3. The van der Waals surface area contributed by atoms with Gasteiger partial charge in [-0.3, -0.25) is 0 Å². The van der Waals surface area contributed by atoms with Gasteiger partial charge in [-0.2, -0.15) is 0 Å². The molecule has 2 rings (SSSR count). The lowest BCUT2D eigenvalue weighted by Crippen LogP contribution is -2.13. The van der Waals surface area contributed by atoms with Gasteiger partial charge in [0.1, 0.15) is 0 Å². The van der Waals surface area contributed by atoms with E-state index in [1.165, 1.54) is 22.3 Å². The summed E-state index contributed by atoms with van der Waals surface area (Å²) in [5.74, 6) is 0.691. The lowest BCUT2D eigenvalue weighted by Gasteiger charge is -2.16. The molecule has 0 aliphatic rings. The minimum atomic E-state index is -0.0331. The minimum Gasteiger partial charge on any atom is -0.320 e. The molecule has 1 nitrogen and oxygen atoms in total. The van der Waals surface area contributed by atoms with E-state index in [4.69, 9.17) is 5.73 Å². The lowest BCUT2D eigenvalue weighted by atomic mass is 9.94. The highest BCUT2D eigenvalue weighted by molar-refractivity contribution is 5.37. The second-order valence-corrected chi connectivity index (χ2v) is 5.67. The van der Waals surface area contributed by atoms with E-state index < -0.39 is 0 Å². The quantitative estimate of drug-likeness (QED) is 0.866. The third-order valence-electron chi connectivity index (χ3n) is 3.51. The Bertz CT molecular complexity index is 526. The highest BCUT2D eigenvalue weighted by atomic mass is 14.6. The van der Waals surface area contributed by atoms with E-state index in [2.05, 4.69) is 69.3 Å². The van der Waals surface area contributed by atoms with Crippen molar-refractivity contribution in [3.05, 3.63) is 70.8 Å². The number of nitrogens with two attached hydrogens (primary N) is 1. The van der Waals surface area contributed by atoms with Crippen molar-refractivity contribution in [2.45, 2.75) is 33.2 Å². The fraction of sp³-hybridized carbons (Fsp3) is 0.333. The van der Waals surface area contributed by atoms with Crippen LogP contribution in [-0.4, -0.2) is 0 Å². The zero-order valence-corrected chi connectivity index (χ0v) is 12.1. The summed E-state index contributed by atoms with van der Waals surface area (Å²) in [5.41, 5.74) is 11.4. The first-order chi connectivity index (χ1) is 9.08. The second-order valence-electron chi connectivity index (χ2n) is 5.67. The molecule has 0 aliphatic carbocycles. The summed E-state index contributed by atoms with van der Waals surface area (Å²) in [7, 11) is 0. The molecule has 2 aromatic rings. The number of hydrogen-bond donors (Lipinski definition) is 1. The Kier molecular flexibility index (Phi) is 4.39. The first-order valence-electron chi connectivity index (χ1n) is 6.98. The van der Waals surface area contributed by atoms with Gasteiger partial charge in [-0.15, -0.1) is 0 Å². The average molecular weight is 253 g/mol. The van der Waals surface area contributed by atoms with Crippen LogP contribution in [0.25, 0.3) is 0 Å². The molecule has 1 heteroatoms. The summed E-state index contributed by atoms with van der Waals surface area (Å²) in [4.78, 5) is 0. The SMILES string of the molecule is Cc1ccccc1C(N)c1ccc(CC(C)C)cc1. The molecular weight excluding hydrogens is 230 g/mol. The predicted molar refractivity (Wildman–Crippen MR) is 82.2 cm³/mol. The topological polar surface area (TPSA) is 26.0 Å². The van der Waals surface area contributed by atoms with Crippen molar-refractivity contribution in [2.75, 3.05) is 0 Å². The van der Waals surface area contributed by atoms with Gasteiger partial charge >= 0.3 is 0 Å². The molecule has 1 unspecified atom stereocenters. The Morgan fingerprint density at radius 1 is 0.947 bits per heavy atom. The predicted octanol–water partition coefficient (Wildman–Crippen LogP) is 4.24. The van der Waals surface area contributed by atoms with Gasteiger partial charge in [0.05, 0.1) is 6.04 Å². The first kappa shape index (κ1) is 13.8. The van der Waals surface area contributed by atoms with E-state index in [9.17, 15) is 0 Å². The van der Waals surface area contributed by atoms with Crippen LogP contribution in [0.5, 0.6) is 0 Å². The van der Waals surface area contributed by atoms with Crippen LogP contribution in [0.4, 0.5) is 0 Å². The molecule has 0 aliphatic heterocycles. The monoisotopic (exact) mass is 253 g/mol. The number of hydrogen-bond acceptors (Lipinski definition) is 1. The molecule has 2 N–H and O–H groups in total. The van der Waals surface area contributed by atoms with Crippen LogP contribution in [0, 0.1) is 12.8 Å². The zero-order chi connectivity index (χ0) is 13.8. The molecule has 0 saturated carbocycles. The molecule has 19 heavy (non-hydrogen) atoms. The Morgan fingerprint density at radius 2 is 1.58 bits per heavy atom. The Balaban J connectivity index is 2.20. The van der Waals surface area contributed by atoms with Gasteiger partial charge in [-0.1, -0.05) is 62.4 Å². The van der Waals surface area contributed by atoms with Crippen molar-refractivity contribution in [3.63, 3.8) is 0 Å². The maximum Gasteiger partial charge on any atom is 0.0554 e. The van der Waals surface area contributed by atoms with Crippen LogP contribution in [0.2, 0.25) is 0 Å². The van der Waals surface area contributed by atoms with E-state index >= 15 is 0 Å². The van der Waals surface area contributed by atoms with Crippen LogP contribution < -0.4 is 5.73 Å². The average Bonchev–Trinajstić information content (AvgIpc) is 2.39. The first-order valence-corrected chi connectivity index (χ1v) is 6.98. The second kappa shape index (κ2) is 6.03. The summed E-state index contributed by atoms with van der Waals surface area (Å²) < 4.78 is 0. The number of benzene rings is 2. The van der Waals surface area contributed by atoms with Crippen molar-refractivity contribution in [3.8, 4) is 0 Å². The molecule has 0 bridgehead atoms. The lowest BCUT2D eigenvalue weighted by molar-refractivity contribution is 0.647. The van der Waals surface area contributed by atoms with Gasteiger partial charge in [-0.25, -0.2) is 0 Å². The largest absolute Gasteiger partial charge is 0.320 e.